The van der Waals surface area contributed by atoms with Gasteiger partial charge in [-0.3, -0.25) is 0 Å². The molecule has 0 amide bonds. The number of nitrogen functional groups attached to an aromatic ring is 1. The van der Waals surface area contributed by atoms with Crippen molar-refractivity contribution >= 4 is 17.1 Å². The van der Waals surface area contributed by atoms with Gasteiger partial charge in [0.05, 0.1) is 23.9 Å². The van der Waals surface area contributed by atoms with Crippen molar-refractivity contribution in [2.24, 2.45) is 4.99 Å². The van der Waals surface area contributed by atoms with Crippen LogP contribution < -0.4 is 15.8 Å². The molecule has 0 aliphatic heterocycles. The Morgan fingerprint density at radius 3 is 2.59 bits per heavy atom. The molecule has 32 heavy (non-hydrogen) atoms. The van der Waals surface area contributed by atoms with Crippen LogP contribution in [0.5, 0.6) is 5.75 Å². The van der Waals surface area contributed by atoms with E-state index in [2.05, 4.69) is 33.7 Å². The minimum atomic E-state index is -0.114. The summed E-state index contributed by atoms with van der Waals surface area (Å²) in [5, 5.41) is 20.4. The Labute approximate surface area is 189 Å². The van der Waals surface area contributed by atoms with E-state index >= 15 is 0 Å². The highest BCUT2D eigenvalue weighted by atomic mass is 16.5. The molecule has 3 rings (SSSR count). The number of rotatable bonds is 9. The average Bonchev–Trinajstić information content (AvgIpc) is 2.80. The number of nitrogens with one attached hydrogen (secondary N) is 1. The van der Waals surface area contributed by atoms with Crippen LogP contribution in [0.1, 0.15) is 42.0 Å². The van der Waals surface area contributed by atoms with E-state index in [-0.39, 0.29) is 12.5 Å². The summed E-state index contributed by atoms with van der Waals surface area (Å²) in [7, 11) is 1.93. The Kier molecular flexibility index (Phi) is 7.90. The van der Waals surface area contributed by atoms with Crippen molar-refractivity contribution in [1.82, 2.24) is 15.5 Å². The van der Waals surface area contributed by atoms with Crippen molar-refractivity contribution in [2.75, 3.05) is 19.3 Å². The summed E-state index contributed by atoms with van der Waals surface area (Å²) in [5.41, 5.74) is 11.1. The van der Waals surface area contributed by atoms with Crippen molar-refractivity contribution in [2.45, 2.75) is 32.8 Å². The zero-order valence-corrected chi connectivity index (χ0v) is 18.7. The molecule has 0 radical (unpaired) electrons. The highest BCUT2D eigenvalue weighted by Gasteiger charge is 2.17. The van der Waals surface area contributed by atoms with Crippen LogP contribution in [0.4, 0.5) is 11.4 Å². The third kappa shape index (κ3) is 5.48. The zero-order chi connectivity index (χ0) is 22.9. The van der Waals surface area contributed by atoms with Gasteiger partial charge < -0.3 is 15.8 Å². The monoisotopic (exact) mass is 428 g/mol. The lowest BCUT2D eigenvalue weighted by molar-refractivity contribution is 0.196. The molecule has 0 saturated carbocycles. The normalized spacial score (nSPS) is 12.2. The summed E-state index contributed by atoms with van der Waals surface area (Å²) < 4.78 is 6.44. The summed E-state index contributed by atoms with van der Waals surface area (Å²) in [6.07, 6.45) is 0.801. The molecule has 0 aliphatic carbocycles. The number of nitrogens with two attached hydrogens (primary N) is 1. The first-order valence-corrected chi connectivity index (χ1v) is 10.5. The van der Waals surface area contributed by atoms with Crippen LogP contribution in [-0.2, 0) is 6.42 Å². The van der Waals surface area contributed by atoms with E-state index in [0.717, 1.165) is 18.5 Å². The van der Waals surface area contributed by atoms with Crippen LogP contribution in [0.2, 0.25) is 0 Å². The van der Waals surface area contributed by atoms with Gasteiger partial charge in [-0.05, 0) is 45.1 Å². The van der Waals surface area contributed by atoms with Crippen LogP contribution in [0, 0.1) is 18.3 Å². The van der Waals surface area contributed by atoms with Gasteiger partial charge in [0.15, 0.2) is 0 Å². The summed E-state index contributed by atoms with van der Waals surface area (Å²) >= 11 is 0. The second-order valence-corrected chi connectivity index (χ2v) is 7.43. The third-order valence-electron chi connectivity index (χ3n) is 5.12. The first kappa shape index (κ1) is 22.9. The van der Waals surface area contributed by atoms with E-state index in [9.17, 15) is 0 Å². The fraction of sp³-hybridized carbons (Fsp3) is 0.280. The summed E-state index contributed by atoms with van der Waals surface area (Å²) in [4.78, 5) is 4.82. The summed E-state index contributed by atoms with van der Waals surface area (Å²) in [5.74, 6) is 0.687. The lowest BCUT2D eigenvalue weighted by atomic mass is 10.1. The largest absolute Gasteiger partial charge is 0.483 e. The van der Waals surface area contributed by atoms with E-state index in [1.165, 1.54) is 0 Å². The van der Waals surface area contributed by atoms with Crippen LogP contribution in [0.25, 0.3) is 0 Å². The van der Waals surface area contributed by atoms with E-state index in [4.69, 9.17) is 20.7 Å². The van der Waals surface area contributed by atoms with Crippen LogP contribution in [-0.4, -0.2) is 29.5 Å². The molecule has 7 heteroatoms. The Hall–Kier alpha value is -3.76. The van der Waals surface area contributed by atoms with Crippen LogP contribution in [0.15, 0.2) is 59.6 Å². The van der Waals surface area contributed by atoms with E-state index in [0.29, 0.717) is 39.8 Å². The standard InChI is InChI=1S/C25H28N6O/c1-17(24-18(2)30-31-21(13-15-26)25(24)27)29-20-11-7-8-12-23(20)32-22(14-16-28-3)19-9-5-4-6-10-19/h4-12,22,28H,13-14,16H2,1-3H3,(H2,27,30). The molecule has 7 nitrogen and oxygen atoms in total. The number of hydrogen-bond donors (Lipinski definition) is 2. The number of anilines is 1. The van der Waals surface area contributed by atoms with Crippen molar-refractivity contribution in [3.63, 3.8) is 0 Å². The molecule has 2 aromatic carbocycles. The Balaban J connectivity index is 1.97. The van der Waals surface area contributed by atoms with Gasteiger partial charge in [-0.2, -0.15) is 15.5 Å². The zero-order valence-electron chi connectivity index (χ0n) is 18.7. The number of aryl methyl sites for hydroxylation is 1. The molecule has 1 unspecified atom stereocenters. The highest BCUT2D eigenvalue weighted by molar-refractivity contribution is 6.05. The number of nitrogens with zero attached hydrogens (tertiary/aromatic N) is 4. The molecule has 0 spiro atoms. The number of aromatic nitrogens is 2. The van der Waals surface area contributed by atoms with E-state index in [1.807, 2.05) is 63.4 Å². The average molecular weight is 429 g/mol. The van der Waals surface area contributed by atoms with Gasteiger partial charge in [-0.1, -0.05) is 42.5 Å². The number of benzene rings is 2. The second kappa shape index (κ2) is 11.0. The quantitative estimate of drug-likeness (QED) is 0.492. The lowest BCUT2D eigenvalue weighted by Gasteiger charge is -2.21. The molecule has 0 fully saturated rings. The van der Waals surface area contributed by atoms with Gasteiger partial charge in [-0.15, -0.1) is 0 Å². The maximum atomic E-state index is 9.03. The Bertz CT molecular complexity index is 1120. The number of hydrogen-bond acceptors (Lipinski definition) is 7. The van der Waals surface area contributed by atoms with Gasteiger partial charge >= 0.3 is 0 Å². The van der Waals surface area contributed by atoms with Crippen molar-refractivity contribution in [3.8, 4) is 11.8 Å². The first-order valence-electron chi connectivity index (χ1n) is 10.5. The van der Waals surface area contributed by atoms with Gasteiger partial charge in [0.25, 0.3) is 0 Å². The molecule has 1 heterocycles. The fourth-order valence-corrected chi connectivity index (χ4v) is 3.52. The summed E-state index contributed by atoms with van der Waals surface area (Å²) in [6, 6.07) is 19.9. The van der Waals surface area contributed by atoms with Gasteiger partial charge in [0.1, 0.15) is 23.2 Å². The molecule has 1 atom stereocenters. The maximum Gasteiger partial charge on any atom is 0.145 e. The minimum absolute atomic E-state index is 0.101. The van der Waals surface area contributed by atoms with Gasteiger partial charge in [0.2, 0.25) is 0 Å². The molecule has 3 N–H and O–H groups in total. The molecular formula is C25H28N6O. The fourth-order valence-electron chi connectivity index (χ4n) is 3.52. The van der Waals surface area contributed by atoms with Crippen LogP contribution >= 0.6 is 0 Å². The van der Waals surface area contributed by atoms with Crippen molar-refractivity contribution in [1.29, 1.82) is 5.26 Å². The molecule has 164 valence electrons. The molecule has 0 bridgehead atoms. The number of para-hydroxylation sites is 2. The number of aliphatic imine (C=N–C) groups is 1. The summed E-state index contributed by atoms with van der Waals surface area (Å²) in [6.45, 7) is 4.53. The topological polar surface area (TPSA) is 109 Å². The molecular weight excluding hydrogens is 400 g/mol. The second-order valence-electron chi connectivity index (χ2n) is 7.43. The molecule has 3 aromatic rings. The maximum absolute atomic E-state index is 9.03. The minimum Gasteiger partial charge on any atom is -0.483 e. The first-order chi connectivity index (χ1) is 15.5. The van der Waals surface area contributed by atoms with Crippen LogP contribution in [0.3, 0.4) is 0 Å². The molecule has 0 saturated heterocycles. The van der Waals surface area contributed by atoms with Gasteiger partial charge in [-0.25, -0.2) is 4.99 Å². The smallest absolute Gasteiger partial charge is 0.145 e. The predicted molar refractivity (Wildman–Crippen MR) is 127 cm³/mol. The van der Waals surface area contributed by atoms with Crippen molar-refractivity contribution in [3.05, 3.63) is 77.1 Å². The highest BCUT2D eigenvalue weighted by Crippen LogP contribution is 2.33. The van der Waals surface area contributed by atoms with E-state index < -0.39 is 0 Å². The van der Waals surface area contributed by atoms with Gasteiger partial charge in [0, 0.05) is 17.7 Å². The number of ether oxygens (including phenoxy) is 1. The van der Waals surface area contributed by atoms with Crippen molar-refractivity contribution < 1.29 is 4.74 Å². The Morgan fingerprint density at radius 2 is 1.88 bits per heavy atom. The molecule has 1 aromatic heterocycles. The van der Waals surface area contributed by atoms with E-state index in [1.54, 1.807) is 0 Å². The SMILES string of the molecule is CNCCC(Oc1ccccc1N=C(C)c1c(C)nnc(CC#N)c1N)c1ccccc1. The Morgan fingerprint density at radius 1 is 1.16 bits per heavy atom. The lowest BCUT2D eigenvalue weighted by Crippen LogP contribution is -2.16. The number of nitriles is 1. The molecule has 0 aliphatic rings. The third-order valence-corrected chi connectivity index (χ3v) is 5.12. The predicted octanol–water partition coefficient (Wildman–Crippen LogP) is 4.30.